The molecule has 0 bridgehead atoms. The van der Waals surface area contributed by atoms with Gasteiger partial charge in [0, 0.05) is 67.1 Å². The number of carbonyl (C=O) groups excluding carboxylic acids is 6. The van der Waals surface area contributed by atoms with Crippen LogP contribution in [0.5, 0.6) is 17.2 Å². The number of imide groups is 1. The second-order valence-corrected chi connectivity index (χ2v) is 12.9. The lowest BCUT2D eigenvalue weighted by Gasteiger charge is -2.44. The van der Waals surface area contributed by atoms with Crippen LogP contribution in [0.4, 0.5) is 0 Å². The Morgan fingerprint density at radius 3 is 2.45 bits per heavy atom. The van der Waals surface area contributed by atoms with E-state index in [4.69, 9.17) is 19.9 Å². The molecule has 2 aromatic carbocycles. The summed E-state index contributed by atoms with van der Waals surface area (Å²) in [5, 5.41) is 45.9. The Morgan fingerprint density at radius 2 is 1.80 bits per heavy atom. The summed E-state index contributed by atoms with van der Waals surface area (Å²) in [6.45, 7) is 1.30. The van der Waals surface area contributed by atoms with Gasteiger partial charge in [-0.25, -0.2) is 5.43 Å². The van der Waals surface area contributed by atoms with Gasteiger partial charge in [-0.15, -0.1) is 0 Å². The number of fused-ring (bicyclic) bond motifs is 3. The fourth-order valence-corrected chi connectivity index (χ4v) is 7.04. The lowest BCUT2D eigenvalue weighted by atomic mass is 9.71. The maximum absolute atomic E-state index is 13.9. The number of rotatable bonds is 10. The average molecular weight is 709 g/mol. The summed E-state index contributed by atoms with van der Waals surface area (Å²) < 4.78 is 17.3. The van der Waals surface area contributed by atoms with Gasteiger partial charge in [0.15, 0.2) is 12.1 Å². The number of phenolic OH excluding ortho intramolecular Hbond substituents is 2. The summed E-state index contributed by atoms with van der Waals surface area (Å²) in [6, 6.07) is 1.90. The number of hydrogen-bond donors (Lipinski definition) is 7. The van der Waals surface area contributed by atoms with Crippen molar-refractivity contribution in [2.24, 2.45) is 5.73 Å². The van der Waals surface area contributed by atoms with E-state index in [1.54, 1.807) is 6.92 Å². The van der Waals surface area contributed by atoms with Crippen molar-refractivity contribution < 1.29 is 63.4 Å². The first kappa shape index (κ1) is 35.8. The topological polar surface area (TPSA) is 264 Å². The number of ether oxygens (including phenoxy) is 3. The Kier molecular flexibility index (Phi) is 9.53. The second-order valence-electron chi connectivity index (χ2n) is 12.9. The maximum Gasteiger partial charge on any atom is 0.253 e. The monoisotopic (exact) mass is 708 g/mol. The standard InChI is InChI=1S/C34H36N4O13/c1-14-29(43)17(35)10-24(50-14)51-19-12-34(48,20(13-39)36-37-21(40)8-9-38-22(41)6-7-23(38)42)11-16-26(19)33(47)28-27(31(16)45)30(44)15-4-3-5-18(49-2)25(15)32(28)46/h3-7,13-14,17,19-20,24,29,36,43,45,47-48H,8-12,35H2,1-2H3,(H,37,40)/t14?,17?,19-,20?,24?,29?,34-/m0/s1. The molecule has 4 aliphatic rings. The van der Waals surface area contributed by atoms with Crippen LogP contribution < -0.4 is 21.3 Å². The molecule has 1 fully saturated rings. The van der Waals surface area contributed by atoms with Crippen molar-refractivity contribution in [1.82, 2.24) is 15.8 Å². The highest BCUT2D eigenvalue weighted by molar-refractivity contribution is 6.31. The van der Waals surface area contributed by atoms with Crippen molar-refractivity contribution in [1.29, 1.82) is 0 Å². The molecule has 0 spiro atoms. The quantitative estimate of drug-likeness (QED) is 0.0573. The van der Waals surface area contributed by atoms with Crippen LogP contribution in [0.15, 0.2) is 30.4 Å². The molecule has 17 heteroatoms. The highest BCUT2D eigenvalue weighted by Crippen LogP contribution is 2.52. The van der Waals surface area contributed by atoms with Crippen LogP contribution in [0.25, 0.3) is 0 Å². The normalized spacial score (nSPS) is 27.5. The summed E-state index contributed by atoms with van der Waals surface area (Å²) in [5.74, 6) is -4.95. The van der Waals surface area contributed by atoms with Crippen LogP contribution in [0.1, 0.15) is 75.3 Å². The number of amides is 3. The SMILES string of the molecule is COc1cccc2c1C(=O)c1c(O)c3c(c(O)c1C2=O)C[C@@](O)(C(C=O)NNC(=O)CCN1C(=O)C=CC1=O)C[C@@H]3OC1CC(N)C(O)C(C)O1. The third kappa shape index (κ3) is 6.17. The van der Waals surface area contributed by atoms with Gasteiger partial charge in [-0.2, -0.15) is 0 Å². The largest absolute Gasteiger partial charge is 0.507 e. The van der Waals surface area contributed by atoms with E-state index >= 15 is 0 Å². The number of ketones is 2. The summed E-state index contributed by atoms with van der Waals surface area (Å²) in [4.78, 5) is 77.3. The number of aldehydes is 1. The molecule has 17 nitrogen and oxygen atoms in total. The van der Waals surface area contributed by atoms with Crippen molar-refractivity contribution >= 4 is 35.6 Å². The van der Waals surface area contributed by atoms with Gasteiger partial charge in [0.25, 0.3) is 11.8 Å². The van der Waals surface area contributed by atoms with Gasteiger partial charge in [0.1, 0.15) is 29.6 Å². The highest BCUT2D eigenvalue weighted by Gasteiger charge is 2.50. The summed E-state index contributed by atoms with van der Waals surface area (Å²) in [5.41, 5.74) is 6.98. The highest BCUT2D eigenvalue weighted by atomic mass is 16.7. The van der Waals surface area contributed by atoms with Gasteiger partial charge in [-0.05, 0) is 13.0 Å². The number of nitrogens with two attached hydrogens (primary N) is 1. The summed E-state index contributed by atoms with van der Waals surface area (Å²) >= 11 is 0. The number of aliphatic hydroxyl groups excluding tert-OH is 1. The van der Waals surface area contributed by atoms with Crippen LogP contribution >= 0.6 is 0 Å². The zero-order valence-corrected chi connectivity index (χ0v) is 27.5. The number of carbonyl (C=O) groups is 6. The number of phenols is 2. The predicted molar refractivity (Wildman–Crippen MR) is 171 cm³/mol. The minimum Gasteiger partial charge on any atom is -0.507 e. The lowest BCUT2D eigenvalue weighted by molar-refractivity contribution is -0.248. The van der Waals surface area contributed by atoms with E-state index in [-0.39, 0.29) is 53.7 Å². The van der Waals surface area contributed by atoms with Gasteiger partial charge in [-0.1, -0.05) is 12.1 Å². The predicted octanol–water partition coefficient (Wildman–Crippen LogP) is -1.06. The van der Waals surface area contributed by atoms with Gasteiger partial charge in [0.2, 0.25) is 11.7 Å². The molecule has 6 rings (SSSR count). The minimum atomic E-state index is -2.19. The number of aliphatic hydroxyl groups is 2. The third-order valence-corrected chi connectivity index (χ3v) is 9.72. The van der Waals surface area contributed by atoms with Crippen LogP contribution in [-0.4, -0.2) is 111 Å². The Labute approximate surface area is 289 Å². The van der Waals surface area contributed by atoms with Crippen LogP contribution in [-0.2, 0) is 35.1 Å². The number of hydrazine groups is 1. The number of nitrogens with zero attached hydrogens (tertiary/aromatic N) is 1. The summed E-state index contributed by atoms with van der Waals surface area (Å²) in [6.07, 6.45) is -3.44. The molecule has 1 saturated heterocycles. The number of benzene rings is 2. The van der Waals surface area contributed by atoms with E-state index in [0.29, 0.717) is 0 Å². The van der Waals surface area contributed by atoms with E-state index < -0.39 is 107 Å². The number of methoxy groups -OCH3 is 1. The molecular formula is C34H36N4O13. The van der Waals surface area contributed by atoms with Crippen molar-refractivity contribution in [3.8, 4) is 17.2 Å². The molecule has 2 heterocycles. The van der Waals surface area contributed by atoms with Crippen molar-refractivity contribution in [3.63, 3.8) is 0 Å². The van der Waals surface area contributed by atoms with Gasteiger partial charge in [-0.3, -0.25) is 34.3 Å². The first-order chi connectivity index (χ1) is 24.2. The number of aromatic hydroxyl groups is 2. The zero-order chi connectivity index (χ0) is 36.9. The Hall–Kier alpha value is -5.04. The Balaban J connectivity index is 1.36. The zero-order valence-electron chi connectivity index (χ0n) is 27.5. The Morgan fingerprint density at radius 1 is 1.12 bits per heavy atom. The first-order valence-corrected chi connectivity index (χ1v) is 16.1. The van der Waals surface area contributed by atoms with E-state index in [1.807, 2.05) is 0 Å². The Bertz CT molecular complexity index is 1850. The fourth-order valence-electron chi connectivity index (χ4n) is 7.04. The first-order valence-electron chi connectivity index (χ1n) is 16.1. The molecular weight excluding hydrogens is 672 g/mol. The lowest BCUT2D eigenvalue weighted by Crippen LogP contribution is -2.60. The molecule has 5 unspecified atom stereocenters. The second kappa shape index (κ2) is 13.6. The van der Waals surface area contributed by atoms with E-state index in [2.05, 4.69) is 10.9 Å². The number of hydrogen-bond acceptors (Lipinski definition) is 15. The molecule has 270 valence electrons. The molecule has 8 N–H and O–H groups in total. The molecule has 0 saturated carbocycles. The smallest absolute Gasteiger partial charge is 0.253 e. The minimum absolute atomic E-state index is 0.0433. The third-order valence-electron chi connectivity index (χ3n) is 9.72. The van der Waals surface area contributed by atoms with Gasteiger partial charge >= 0.3 is 0 Å². The van der Waals surface area contributed by atoms with E-state index in [9.17, 15) is 49.2 Å². The van der Waals surface area contributed by atoms with Gasteiger partial charge in [0.05, 0.1) is 47.7 Å². The van der Waals surface area contributed by atoms with E-state index in [0.717, 1.165) is 17.1 Å². The fraction of sp³-hybridized carbons (Fsp3) is 0.412. The average Bonchev–Trinajstić information content (AvgIpc) is 3.42. The van der Waals surface area contributed by atoms with Crippen molar-refractivity contribution in [2.45, 2.75) is 74.9 Å². The van der Waals surface area contributed by atoms with Crippen molar-refractivity contribution in [2.75, 3.05) is 13.7 Å². The van der Waals surface area contributed by atoms with Gasteiger partial charge < -0.3 is 45.2 Å². The molecule has 51 heavy (non-hydrogen) atoms. The summed E-state index contributed by atoms with van der Waals surface area (Å²) in [7, 11) is 1.30. The molecule has 2 aromatic rings. The molecule has 0 aromatic heterocycles. The number of nitrogens with one attached hydrogen (secondary N) is 2. The molecule has 0 radical (unpaired) electrons. The molecule has 2 aliphatic carbocycles. The van der Waals surface area contributed by atoms with Crippen LogP contribution in [0.3, 0.4) is 0 Å². The van der Waals surface area contributed by atoms with Crippen LogP contribution in [0.2, 0.25) is 0 Å². The molecule has 3 amide bonds. The molecule has 2 aliphatic heterocycles. The van der Waals surface area contributed by atoms with E-state index in [1.165, 1.54) is 25.3 Å². The molecule has 7 atom stereocenters. The maximum atomic E-state index is 13.9. The van der Waals surface area contributed by atoms with Crippen LogP contribution in [0, 0.1) is 0 Å². The van der Waals surface area contributed by atoms with Crippen molar-refractivity contribution in [3.05, 3.63) is 63.7 Å².